The third-order valence-corrected chi connectivity index (χ3v) is 7.31. The van der Waals surface area contributed by atoms with Crippen LogP contribution in [0.2, 0.25) is 0 Å². The number of benzene rings is 3. The molecule has 6 nitrogen and oxygen atoms in total. The molecule has 1 aromatic heterocycles. The summed E-state index contributed by atoms with van der Waals surface area (Å²) in [7, 11) is 1.35. The van der Waals surface area contributed by atoms with Crippen molar-refractivity contribution in [2.45, 2.75) is 19.4 Å². The van der Waals surface area contributed by atoms with Crippen molar-refractivity contribution in [1.82, 2.24) is 4.57 Å². The number of carbonyl (C=O) groups excluding carboxylic acids is 1. The van der Waals surface area contributed by atoms with Gasteiger partial charge in [0.15, 0.2) is 4.80 Å². The Kier molecular flexibility index (Phi) is 6.88. The number of thiazole rings is 1. The largest absolute Gasteiger partial charge is 0.489 e. The second-order valence-electron chi connectivity index (χ2n) is 8.50. The fourth-order valence-electron chi connectivity index (χ4n) is 4.65. The Hall–Kier alpha value is -4.23. The van der Waals surface area contributed by atoms with Crippen molar-refractivity contribution in [3.05, 3.63) is 121 Å². The highest BCUT2D eigenvalue weighted by molar-refractivity contribution is 7.07. The summed E-state index contributed by atoms with van der Waals surface area (Å²) in [5, 5.41) is 2.01. The van der Waals surface area contributed by atoms with E-state index in [2.05, 4.69) is 6.58 Å². The van der Waals surface area contributed by atoms with E-state index in [1.807, 2.05) is 79.7 Å². The molecule has 1 atom stereocenters. The van der Waals surface area contributed by atoms with Gasteiger partial charge in [0.2, 0.25) is 0 Å². The van der Waals surface area contributed by atoms with Gasteiger partial charge in [-0.2, -0.15) is 0 Å². The first-order valence-electron chi connectivity index (χ1n) is 12.0. The highest BCUT2D eigenvalue weighted by Crippen LogP contribution is 2.32. The number of fused-ring (bicyclic) bond motifs is 2. The van der Waals surface area contributed by atoms with E-state index in [9.17, 15) is 9.59 Å². The number of esters is 1. The Labute approximate surface area is 218 Å². The number of aromatic nitrogens is 1. The minimum atomic E-state index is -0.633. The summed E-state index contributed by atoms with van der Waals surface area (Å²) >= 11 is 1.30. The van der Waals surface area contributed by atoms with E-state index in [1.165, 1.54) is 18.4 Å². The van der Waals surface area contributed by atoms with Gasteiger partial charge in [-0.3, -0.25) is 9.36 Å². The fourth-order valence-corrected chi connectivity index (χ4v) is 5.65. The lowest BCUT2D eigenvalue weighted by atomic mass is 9.95. The van der Waals surface area contributed by atoms with Crippen molar-refractivity contribution in [3.8, 4) is 5.75 Å². The highest BCUT2D eigenvalue weighted by atomic mass is 32.1. The average Bonchev–Trinajstić information content (AvgIpc) is 3.25. The Morgan fingerprint density at radius 2 is 1.86 bits per heavy atom. The molecule has 7 heteroatoms. The Bertz CT molecular complexity index is 1710. The van der Waals surface area contributed by atoms with Gasteiger partial charge in [-0.05, 0) is 34.9 Å². The SMILES string of the molecule is C=CCOc1ccc2ccccc2c1/C=c1/sc2n(c1=O)[C@@H](c1ccccc1)C(C(=O)OC)=C(CC)N=2. The van der Waals surface area contributed by atoms with Gasteiger partial charge in [-0.25, -0.2) is 9.79 Å². The molecule has 0 fully saturated rings. The van der Waals surface area contributed by atoms with Crippen molar-refractivity contribution in [1.29, 1.82) is 0 Å². The van der Waals surface area contributed by atoms with Crippen LogP contribution in [-0.4, -0.2) is 24.3 Å². The molecule has 1 aliphatic rings. The number of carbonyl (C=O) groups is 1. The summed E-state index contributed by atoms with van der Waals surface area (Å²) in [6, 6.07) is 20.8. The van der Waals surface area contributed by atoms with Crippen LogP contribution in [0.5, 0.6) is 5.75 Å². The number of allylic oxidation sites excluding steroid dienone is 1. The maximum atomic E-state index is 14.0. The minimum absolute atomic E-state index is 0.225. The summed E-state index contributed by atoms with van der Waals surface area (Å²) in [6.45, 7) is 6.04. The first kappa shape index (κ1) is 24.5. The van der Waals surface area contributed by atoms with E-state index in [-0.39, 0.29) is 5.56 Å². The molecular formula is C30H26N2O4S. The van der Waals surface area contributed by atoms with E-state index in [1.54, 1.807) is 10.6 Å². The molecule has 0 spiro atoms. The van der Waals surface area contributed by atoms with Crippen LogP contribution in [0.1, 0.15) is 30.5 Å². The summed E-state index contributed by atoms with van der Waals surface area (Å²) in [6.07, 6.45) is 4.08. The molecule has 0 N–H and O–H groups in total. The van der Waals surface area contributed by atoms with Crippen LogP contribution < -0.4 is 19.6 Å². The number of hydrogen-bond acceptors (Lipinski definition) is 6. The van der Waals surface area contributed by atoms with E-state index in [0.717, 1.165) is 21.9 Å². The highest BCUT2D eigenvalue weighted by Gasteiger charge is 2.33. The van der Waals surface area contributed by atoms with Crippen LogP contribution in [0.4, 0.5) is 0 Å². The summed E-state index contributed by atoms with van der Waals surface area (Å²) in [5.41, 5.74) is 2.40. The number of hydrogen-bond donors (Lipinski definition) is 0. The third-order valence-electron chi connectivity index (χ3n) is 6.33. The van der Waals surface area contributed by atoms with Crippen LogP contribution in [0.15, 0.2) is 100 Å². The number of ether oxygens (including phenoxy) is 2. The number of methoxy groups -OCH3 is 1. The molecule has 5 rings (SSSR count). The quantitative estimate of drug-likeness (QED) is 0.271. The van der Waals surface area contributed by atoms with E-state index < -0.39 is 12.0 Å². The normalized spacial score (nSPS) is 15.3. The maximum Gasteiger partial charge on any atom is 0.338 e. The van der Waals surface area contributed by atoms with Gasteiger partial charge in [-0.15, -0.1) is 0 Å². The van der Waals surface area contributed by atoms with Crippen molar-refractivity contribution in [2.24, 2.45) is 4.99 Å². The molecule has 0 radical (unpaired) electrons. The van der Waals surface area contributed by atoms with Gasteiger partial charge in [-0.1, -0.05) is 91.6 Å². The monoisotopic (exact) mass is 510 g/mol. The third kappa shape index (κ3) is 4.42. The summed E-state index contributed by atoms with van der Waals surface area (Å²) in [5.74, 6) is 0.173. The van der Waals surface area contributed by atoms with Crippen LogP contribution in [0, 0.1) is 0 Å². The van der Waals surface area contributed by atoms with Gasteiger partial charge in [0.1, 0.15) is 12.4 Å². The molecule has 2 heterocycles. The van der Waals surface area contributed by atoms with Crippen molar-refractivity contribution in [2.75, 3.05) is 13.7 Å². The molecule has 0 bridgehead atoms. The predicted molar refractivity (Wildman–Crippen MR) is 146 cm³/mol. The molecule has 37 heavy (non-hydrogen) atoms. The van der Waals surface area contributed by atoms with Gasteiger partial charge < -0.3 is 9.47 Å². The first-order valence-corrected chi connectivity index (χ1v) is 12.8. The predicted octanol–water partition coefficient (Wildman–Crippen LogP) is 4.52. The Morgan fingerprint density at radius 1 is 1.11 bits per heavy atom. The Morgan fingerprint density at radius 3 is 2.59 bits per heavy atom. The maximum absolute atomic E-state index is 14.0. The molecular weight excluding hydrogens is 484 g/mol. The van der Waals surface area contributed by atoms with Gasteiger partial charge in [0.05, 0.1) is 29.0 Å². The van der Waals surface area contributed by atoms with E-state index in [4.69, 9.17) is 14.5 Å². The number of rotatable bonds is 7. The van der Waals surface area contributed by atoms with E-state index in [0.29, 0.717) is 39.4 Å². The molecule has 4 aromatic rings. The molecule has 3 aromatic carbocycles. The van der Waals surface area contributed by atoms with Gasteiger partial charge in [0, 0.05) is 5.56 Å². The fraction of sp³-hybridized carbons (Fsp3) is 0.167. The second-order valence-corrected chi connectivity index (χ2v) is 9.51. The van der Waals surface area contributed by atoms with Crippen LogP contribution in [0.25, 0.3) is 16.8 Å². The van der Waals surface area contributed by atoms with Crippen molar-refractivity contribution in [3.63, 3.8) is 0 Å². The molecule has 0 saturated heterocycles. The van der Waals surface area contributed by atoms with Crippen LogP contribution >= 0.6 is 11.3 Å². The molecule has 0 saturated carbocycles. The van der Waals surface area contributed by atoms with E-state index >= 15 is 0 Å². The molecule has 186 valence electrons. The first-order chi connectivity index (χ1) is 18.1. The number of nitrogens with zero attached hydrogens (tertiary/aromatic N) is 2. The van der Waals surface area contributed by atoms with Crippen LogP contribution in [0.3, 0.4) is 0 Å². The zero-order valence-corrected chi connectivity index (χ0v) is 21.5. The van der Waals surface area contributed by atoms with Crippen LogP contribution in [-0.2, 0) is 9.53 Å². The zero-order chi connectivity index (χ0) is 25.9. The molecule has 0 aliphatic carbocycles. The zero-order valence-electron chi connectivity index (χ0n) is 20.6. The topological polar surface area (TPSA) is 69.9 Å². The molecule has 0 amide bonds. The van der Waals surface area contributed by atoms with Gasteiger partial charge in [0.25, 0.3) is 5.56 Å². The van der Waals surface area contributed by atoms with Crippen molar-refractivity contribution >= 4 is 34.2 Å². The second kappa shape index (κ2) is 10.4. The lowest BCUT2D eigenvalue weighted by Gasteiger charge is -2.25. The standard InChI is InChI=1S/C30H26N2O4S/c1-4-17-36-24-16-15-19-11-9-10-14-21(19)22(24)18-25-28(33)32-27(20-12-7-6-8-13-20)26(29(34)35-3)23(5-2)31-30(32)37-25/h4,6-16,18,27H,1,5,17H2,2-3H3/b25-18+/t27-/m0/s1. The lowest BCUT2D eigenvalue weighted by molar-refractivity contribution is -0.136. The molecule has 0 unspecified atom stereocenters. The Balaban J connectivity index is 1.80. The average molecular weight is 511 g/mol. The minimum Gasteiger partial charge on any atom is -0.489 e. The van der Waals surface area contributed by atoms with Gasteiger partial charge >= 0.3 is 5.97 Å². The summed E-state index contributed by atoms with van der Waals surface area (Å²) < 4.78 is 13.2. The smallest absolute Gasteiger partial charge is 0.338 e. The molecule has 1 aliphatic heterocycles. The lowest BCUT2D eigenvalue weighted by Crippen LogP contribution is -2.40. The van der Waals surface area contributed by atoms with Crippen molar-refractivity contribution < 1.29 is 14.3 Å². The summed E-state index contributed by atoms with van der Waals surface area (Å²) in [4.78, 5) is 32.2.